The molecule has 0 radical (unpaired) electrons. The first-order valence-electron chi connectivity index (χ1n) is 4.55. The van der Waals surface area contributed by atoms with Gasteiger partial charge in [0.2, 0.25) is 0 Å². The standard InChI is InChI=1S/C9H11NO3S/c11-9(12)7-5-14-8(10-7)4-13-6-2-1-3-6/h5-6H,1-4H2,(H,11,12). The van der Waals surface area contributed by atoms with Crippen molar-refractivity contribution in [3.05, 3.63) is 16.1 Å². The summed E-state index contributed by atoms with van der Waals surface area (Å²) in [6.45, 7) is 0.447. The minimum atomic E-state index is -0.976. The molecule has 1 N–H and O–H groups in total. The molecule has 2 rings (SSSR count). The van der Waals surface area contributed by atoms with Crippen LogP contribution in [0.4, 0.5) is 0 Å². The predicted molar refractivity (Wildman–Crippen MR) is 51.5 cm³/mol. The Hall–Kier alpha value is -0.940. The van der Waals surface area contributed by atoms with Crippen molar-refractivity contribution in [2.75, 3.05) is 0 Å². The van der Waals surface area contributed by atoms with E-state index in [0.717, 1.165) is 17.8 Å². The fourth-order valence-electron chi connectivity index (χ4n) is 1.20. The molecule has 1 aromatic heterocycles. The van der Waals surface area contributed by atoms with E-state index in [1.54, 1.807) is 5.38 Å². The Morgan fingerprint density at radius 3 is 3.00 bits per heavy atom. The van der Waals surface area contributed by atoms with Crippen molar-refractivity contribution in [1.29, 1.82) is 0 Å². The maximum Gasteiger partial charge on any atom is 0.355 e. The monoisotopic (exact) mass is 213 g/mol. The van der Waals surface area contributed by atoms with E-state index in [2.05, 4.69) is 4.98 Å². The van der Waals surface area contributed by atoms with E-state index in [0.29, 0.717) is 12.7 Å². The molecule has 0 saturated heterocycles. The van der Waals surface area contributed by atoms with Gasteiger partial charge in [-0.1, -0.05) is 0 Å². The molecule has 0 spiro atoms. The zero-order valence-corrected chi connectivity index (χ0v) is 8.42. The number of ether oxygens (including phenoxy) is 1. The van der Waals surface area contributed by atoms with Crippen LogP contribution in [0.2, 0.25) is 0 Å². The normalized spacial score (nSPS) is 16.6. The van der Waals surface area contributed by atoms with Gasteiger partial charge in [-0.25, -0.2) is 9.78 Å². The van der Waals surface area contributed by atoms with Crippen LogP contribution in [-0.2, 0) is 11.3 Å². The third-order valence-corrected chi connectivity index (χ3v) is 3.09. The van der Waals surface area contributed by atoms with Gasteiger partial charge >= 0.3 is 5.97 Å². The lowest BCUT2D eigenvalue weighted by molar-refractivity contribution is -0.00876. The van der Waals surface area contributed by atoms with Gasteiger partial charge in [-0.3, -0.25) is 0 Å². The smallest absolute Gasteiger partial charge is 0.355 e. The summed E-state index contributed by atoms with van der Waals surface area (Å²) in [5.74, 6) is -0.976. The molecule has 0 bridgehead atoms. The van der Waals surface area contributed by atoms with E-state index in [1.165, 1.54) is 17.8 Å². The van der Waals surface area contributed by atoms with E-state index >= 15 is 0 Å². The number of rotatable bonds is 4. The molecule has 5 heteroatoms. The third-order valence-electron chi connectivity index (χ3n) is 2.27. The number of carbonyl (C=O) groups is 1. The molecular formula is C9H11NO3S. The van der Waals surface area contributed by atoms with Gasteiger partial charge in [0.05, 0.1) is 12.7 Å². The van der Waals surface area contributed by atoms with Crippen LogP contribution in [0.3, 0.4) is 0 Å². The van der Waals surface area contributed by atoms with Crippen LogP contribution < -0.4 is 0 Å². The van der Waals surface area contributed by atoms with Crippen LogP contribution in [0.15, 0.2) is 5.38 Å². The predicted octanol–water partition coefficient (Wildman–Crippen LogP) is 1.91. The summed E-state index contributed by atoms with van der Waals surface area (Å²) in [4.78, 5) is 14.5. The first kappa shape index (κ1) is 9.61. The second-order valence-electron chi connectivity index (χ2n) is 3.30. The van der Waals surface area contributed by atoms with Gasteiger partial charge in [0.25, 0.3) is 0 Å². The highest BCUT2D eigenvalue weighted by Gasteiger charge is 2.18. The van der Waals surface area contributed by atoms with Gasteiger partial charge < -0.3 is 9.84 Å². The first-order valence-corrected chi connectivity index (χ1v) is 5.43. The maximum absolute atomic E-state index is 10.5. The van der Waals surface area contributed by atoms with Crippen LogP contribution in [0.5, 0.6) is 0 Å². The SMILES string of the molecule is O=C(O)c1csc(COC2CCC2)n1. The molecule has 0 aromatic carbocycles. The molecule has 76 valence electrons. The Kier molecular flexibility index (Phi) is 2.79. The lowest BCUT2D eigenvalue weighted by Gasteiger charge is -2.24. The number of hydrogen-bond donors (Lipinski definition) is 1. The fourth-order valence-corrected chi connectivity index (χ4v) is 1.89. The molecule has 0 unspecified atom stereocenters. The fraction of sp³-hybridized carbons (Fsp3) is 0.556. The average molecular weight is 213 g/mol. The van der Waals surface area contributed by atoms with Gasteiger partial charge in [-0.15, -0.1) is 11.3 Å². The molecular weight excluding hydrogens is 202 g/mol. The van der Waals surface area contributed by atoms with Gasteiger partial charge in [-0.05, 0) is 19.3 Å². The summed E-state index contributed by atoms with van der Waals surface area (Å²) in [7, 11) is 0. The minimum Gasteiger partial charge on any atom is -0.476 e. The van der Waals surface area contributed by atoms with Gasteiger partial charge in [-0.2, -0.15) is 0 Å². The highest BCUT2D eigenvalue weighted by atomic mass is 32.1. The van der Waals surface area contributed by atoms with Gasteiger partial charge in [0.1, 0.15) is 5.01 Å². The Balaban J connectivity index is 1.86. The number of hydrogen-bond acceptors (Lipinski definition) is 4. The second-order valence-corrected chi connectivity index (χ2v) is 4.24. The first-order chi connectivity index (χ1) is 6.75. The van der Waals surface area contributed by atoms with Crippen molar-refractivity contribution in [2.45, 2.75) is 32.0 Å². The Bertz CT molecular complexity index is 333. The highest BCUT2D eigenvalue weighted by molar-refractivity contribution is 7.09. The molecule has 1 saturated carbocycles. The van der Waals surface area contributed by atoms with E-state index in [-0.39, 0.29) is 5.69 Å². The third kappa shape index (κ3) is 2.10. The van der Waals surface area contributed by atoms with Crippen molar-refractivity contribution >= 4 is 17.3 Å². The number of nitrogens with zero attached hydrogens (tertiary/aromatic N) is 1. The Morgan fingerprint density at radius 1 is 1.71 bits per heavy atom. The molecule has 0 atom stereocenters. The number of aromatic nitrogens is 1. The number of carboxylic acid groups (broad SMARTS) is 1. The zero-order valence-electron chi connectivity index (χ0n) is 7.60. The molecule has 1 aromatic rings. The van der Waals surface area contributed by atoms with E-state index in [4.69, 9.17) is 9.84 Å². The quantitative estimate of drug-likeness (QED) is 0.830. The van der Waals surface area contributed by atoms with E-state index in [9.17, 15) is 4.79 Å². The molecule has 4 nitrogen and oxygen atoms in total. The van der Waals surface area contributed by atoms with Gasteiger partial charge in [0, 0.05) is 5.38 Å². The average Bonchev–Trinajstić information content (AvgIpc) is 2.50. The molecule has 14 heavy (non-hydrogen) atoms. The number of carboxylic acids is 1. The van der Waals surface area contributed by atoms with Crippen LogP contribution in [0.1, 0.15) is 34.8 Å². The number of aromatic carboxylic acids is 1. The lowest BCUT2D eigenvalue weighted by Crippen LogP contribution is -2.21. The topological polar surface area (TPSA) is 59.4 Å². The van der Waals surface area contributed by atoms with Gasteiger partial charge in [0.15, 0.2) is 5.69 Å². The Morgan fingerprint density at radius 2 is 2.50 bits per heavy atom. The summed E-state index contributed by atoms with van der Waals surface area (Å²) in [5, 5.41) is 10.9. The lowest BCUT2D eigenvalue weighted by atomic mass is 9.96. The zero-order chi connectivity index (χ0) is 9.97. The van der Waals surface area contributed by atoms with E-state index < -0.39 is 5.97 Å². The molecule has 1 heterocycles. The summed E-state index contributed by atoms with van der Waals surface area (Å²) in [6.07, 6.45) is 3.85. The second kappa shape index (κ2) is 4.06. The molecule has 0 aliphatic heterocycles. The van der Waals surface area contributed by atoms with Crippen molar-refractivity contribution in [3.63, 3.8) is 0 Å². The number of thiazole rings is 1. The molecule has 1 aliphatic carbocycles. The van der Waals surface area contributed by atoms with Crippen LogP contribution >= 0.6 is 11.3 Å². The van der Waals surface area contributed by atoms with Crippen molar-refractivity contribution in [2.24, 2.45) is 0 Å². The van der Waals surface area contributed by atoms with Crippen LogP contribution in [0.25, 0.3) is 0 Å². The van der Waals surface area contributed by atoms with Crippen molar-refractivity contribution in [3.8, 4) is 0 Å². The van der Waals surface area contributed by atoms with Crippen molar-refractivity contribution < 1.29 is 14.6 Å². The van der Waals surface area contributed by atoms with Crippen LogP contribution in [-0.4, -0.2) is 22.2 Å². The highest BCUT2D eigenvalue weighted by Crippen LogP contribution is 2.23. The largest absolute Gasteiger partial charge is 0.476 e. The summed E-state index contributed by atoms with van der Waals surface area (Å²) >= 11 is 1.34. The molecule has 0 amide bonds. The Labute approximate surface area is 85.5 Å². The van der Waals surface area contributed by atoms with E-state index in [1.807, 2.05) is 0 Å². The minimum absolute atomic E-state index is 0.113. The maximum atomic E-state index is 10.5. The molecule has 1 fully saturated rings. The van der Waals surface area contributed by atoms with Crippen molar-refractivity contribution in [1.82, 2.24) is 4.98 Å². The summed E-state index contributed by atoms with van der Waals surface area (Å²) < 4.78 is 5.51. The van der Waals surface area contributed by atoms with Crippen LogP contribution in [0, 0.1) is 0 Å². The summed E-state index contributed by atoms with van der Waals surface area (Å²) in [5.41, 5.74) is 0.113. The molecule has 1 aliphatic rings. The summed E-state index contributed by atoms with van der Waals surface area (Å²) in [6, 6.07) is 0.